The Hall–Kier alpha value is -1.64. The van der Waals surface area contributed by atoms with Gasteiger partial charge in [-0.25, -0.2) is 0 Å². The van der Waals surface area contributed by atoms with Gasteiger partial charge in [0.15, 0.2) is 0 Å². The molecule has 1 amide bonds. The van der Waals surface area contributed by atoms with Gasteiger partial charge in [-0.3, -0.25) is 4.79 Å². The summed E-state index contributed by atoms with van der Waals surface area (Å²) in [6, 6.07) is 10.3. The lowest BCUT2D eigenvalue weighted by Crippen LogP contribution is -2.06. The molecule has 96 valence electrons. The van der Waals surface area contributed by atoms with E-state index in [-0.39, 0.29) is 5.78 Å². The molecule has 1 aromatic rings. The number of Topliss-reactive ketones (excluding diaryl/α,β-unsaturated/α-hetero) is 1. The molecule has 0 aliphatic rings. The Morgan fingerprint density at radius 2 is 1.59 bits per heavy atom. The van der Waals surface area contributed by atoms with E-state index in [2.05, 4.69) is 19.1 Å². The second kappa shape index (κ2) is 12.4. The first-order valence-electron chi connectivity index (χ1n) is 5.56. The Labute approximate surface area is 104 Å². The first kappa shape index (κ1) is 17.7. The summed E-state index contributed by atoms with van der Waals surface area (Å²) in [6.45, 7) is 5.52. The zero-order valence-electron chi connectivity index (χ0n) is 11.4. The third-order valence-corrected chi connectivity index (χ3v) is 1.65. The number of carbonyl (C=O) groups is 2. The van der Waals surface area contributed by atoms with E-state index in [1.54, 1.807) is 21.0 Å². The van der Waals surface area contributed by atoms with Crippen molar-refractivity contribution in [1.82, 2.24) is 4.90 Å². The third kappa shape index (κ3) is 20.4. The van der Waals surface area contributed by atoms with Gasteiger partial charge in [0.05, 0.1) is 0 Å². The van der Waals surface area contributed by atoms with Crippen LogP contribution in [-0.2, 0) is 9.59 Å². The minimum Gasteiger partial charge on any atom is -0.351 e. The topological polar surface area (TPSA) is 37.4 Å². The largest absolute Gasteiger partial charge is 0.351 e. The summed E-state index contributed by atoms with van der Waals surface area (Å²) in [4.78, 5) is 20.7. The number of ketones is 1. The van der Waals surface area contributed by atoms with Crippen LogP contribution in [0.2, 0.25) is 0 Å². The summed E-state index contributed by atoms with van der Waals surface area (Å²) in [5, 5.41) is 0. The van der Waals surface area contributed by atoms with Crippen LogP contribution in [-0.4, -0.2) is 31.2 Å². The molecule has 0 heterocycles. The van der Waals surface area contributed by atoms with Crippen molar-refractivity contribution in [3.63, 3.8) is 0 Å². The highest BCUT2D eigenvalue weighted by atomic mass is 16.1. The smallest absolute Gasteiger partial charge is 0.209 e. The van der Waals surface area contributed by atoms with Crippen LogP contribution in [0.5, 0.6) is 0 Å². The molecule has 1 rings (SSSR count). The van der Waals surface area contributed by atoms with E-state index in [0.717, 1.165) is 6.41 Å². The molecule has 3 nitrogen and oxygen atoms in total. The van der Waals surface area contributed by atoms with E-state index < -0.39 is 0 Å². The van der Waals surface area contributed by atoms with Crippen LogP contribution in [0.15, 0.2) is 30.3 Å². The number of benzene rings is 1. The van der Waals surface area contributed by atoms with Crippen LogP contribution in [0.1, 0.15) is 25.8 Å². The molecule has 3 heteroatoms. The van der Waals surface area contributed by atoms with Crippen LogP contribution in [0, 0.1) is 6.92 Å². The van der Waals surface area contributed by atoms with Gasteiger partial charge in [0.25, 0.3) is 0 Å². The van der Waals surface area contributed by atoms with Gasteiger partial charge < -0.3 is 9.69 Å². The fourth-order valence-electron chi connectivity index (χ4n) is 0.534. The summed E-state index contributed by atoms with van der Waals surface area (Å²) >= 11 is 0. The predicted molar refractivity (Wildman–Crippen MR) is 71.9 cm³/mol. The molecular formula is C14H23NO2. The van der Waals surface area contributed by atoms with Crippen molar-refractivity contribution in [3.05, 3.63) is 35.9 Å². The summed E-state index contributed by atoms with van der Waals surface area (Å²) in [5.74, 6) is 0.255. The third-order valence-electron chi connectivity index (χ3n) is 1.65. The molecule has 0 fully saturated rings. The van der Waals surface area contributed by atoms with Gasteiger partial charge in [-0.05, 0) is 13.8 Å². The molecule has 0 radical (unpaired) electrons. The van der Waals surface area contributed by atoms with E-state index >= 15 is 0 Å². The molecule has 0 saturated heterocycles. The van der Waals surface area contributed by atoms with Gasteiger partial charge in [0.1, 0.15) is 5.78 Å². The van der Waals surface area contributed by atoms with Crippen molar-refractivity contribution in [2.75, 3.05) is 14.1 Å². The van der Waals surface area contributed by atoms with Crippen molar-refractivity contribution in [1.29, 1.82) is 0 Å². The van der Waals surface area contributed by atoms with E-state index in [0.29, 0.717) is 6.42 Å². The highest BCUT2D eigenvalue weighted by molar-refractivity contribution is 5.74. The molecule has 0 atom stereocenters. The molecule has 0 N–H and O–H groups in total. The molecule has 17 heavy (non-hydrogen) atoms. The first-order valence-corrected chi connectivity index (χ1v) is 5.56. The van der Waals surface area contributed by atoms with Gasteiger partial charge in [0.2, 0.25) is 6.41 Å². The Morgan fingerprint density at radius 1 is 1.24 bits per heavy atom. The van der Waals surface area contributed by atoms with Gasteiger partial charge in [-0.15, -0.1) is 0 Å². The van der Waals surface area contributed by atoms with Gasteiger partial charge in [0, 0.05) is 20.5 Å². The fraction of sp³-hybridized carbons (Fsp3) is 0.429. The molecule has 0 aliphatic heterocycles. The van der Waals surface area contributed by atoms with E-state index in [1.165, 1.54) is 10.5 Å². The molecule has 1 aromatic carbocycles. The maximum absolute atomic E-state index is 9.81. The lowest BCUT2D eigenvalue weighted by atomic mass is 10.2. The summed E-state index contributed by atoms with van der Waals surface area (Å²) < 4.78 is 0. The monoisotopic (exact) mass is 237 g/mol. The maximum atomic E-state index is 9.81. The number of hydrogen-bond donors (Lipinski definition) is 0. The minimum atomic E-state index is 0.255. The maximum Gasteiger partial charge on any atom is 0.209 e. The van der Waals surface area contributed by atoms with Crippen molar-refractivity contribution in [3.8, 4) is 0 Å². The van der Waals surface area contributed by atoms with Crippen molar-refractivity contribution in [2.24, 2.45) is 0 Å². The van der Waals surface area contributed by atoms with Crippen LogP contribution >= 0.6 is 0 Å². The Kier molecular flexibility index (Phi) is 13.0. The SMILES string of the molecule is CCC(C)=O.CN(C)C=O.Cc1ccccc1. The fourth-order valence-corrected chi connectivity index (χ4v) is 0.534. The summed E-state index contributed by atoms with van der Waals surface area (Å²) in [7, 11) is 3.38. The molecule has 0 aromatic heterocycles. The highest BCUT2D eigenvalue weighted by Gasteiger charge is 1.77. The molecule has 0 bridgehead atoms. The van der Waals surface area contributed by atoms with E-state index in [4.69, 9.17) is 0 Å². The quantitative estimate of drug-likeness (QED) is 0.742. The Balaban J connectivity index is 0. The van der Waals surface area contributed by atoms with Crippen LogP contribution < -0.4 is 0 Å². The van der Waals surface area contributed by atoms with E-state index in [1.807, 2.05) is 25.1 Å². The normalized spacial score (nSPS) is 7.82. The number of nitrogens with zero attached hydrogens (tertiary/aromatic N) is 1. The first-order chi connectivity index (χ1) is 7.93. The number of hydrogen-bond acceptors (Lipinski definition) is 2. The van der Waals surface area contributed by atoms with Gasteiger partial charge >= 0.3 is 0 Å². The number of carbonyl (C=O) groups excluding carboxylic acids is 2. The van der Waals surface area contributed by atoms with Gasteiger partial charge in [-0.1, -0.05) is 42.8 Å². The molecule has 0 saturated carbocycles. The van der Waals surface area contributed by atoms with Crippen molar-refractivity contribution in [2.45, 2.75) is 27.2 Å². The summed E-state index contributed by atoms with van der Waals surface area (Å²) in [6.07, 6.45) is 1.42. The molecular weight excluding hydrogens is 214 g/mol. The Morgan fingerprint density at radius 3 is 1.71 bits per heavy atom. The highest BCUT2D eigenvalue weighted by Crippen LogP contribution is 1.92. The lowest BCUT2D eigenvalue weighted by Gasteiger charge is -1.93. The average molecular weight is 237 g/mol. The second-order valence-corrected chi connectivity index (χ2v) is 3.78. The minimum absolute atomic E-state index is 0.255. The summed E-state index contributed by atoms with van der Waals surface area (Å²) in [5.41, 5.74) is 1.32. The second-order valence-electron chi connectivity index (χ2n) is 3.78. The molecule has 0 unspecified atom stereocenters. The zero-order valence-corrected chi connectivity index (χ0v) is 11.4. The van der Waals surface area contributed by atoms with E-state index in [9.17, 15) is 9.59 Å². The number of aryl methyl sites for hydroxylation is 1. The van der Waals surface area contributed by atoms with Crippen LogP contribution in [0.4, 0.5) is 0 Å². The molecule has 0 spiro atoms. The lowest BCUT2D eigenvalue weighted by molar-refractivity contribution is -0.117. The van der Waals surface area contributed by atoms with Crippen LogP contribution in [0.3, 0.4) is 0 Å². The Bertz CT molecular complexity index is 294. The predicted octanol–water partition coefficient (Wildman–Crippen LogP) is 2.68. The zero-order chi connectivity index (χ0) is 13.7. The number of rotatable bonds is 2. The van der Waals surface area contributed by atoms with Crippen molar-refractivity contribution >= 4 is 12.2 Å². The standard InChI is InChI=1S/C7H8.C4H8O.C3H7NO/c1-7-5-3-2-4-6-7;1-3-4(2)5;1-4(2)3-5/h2-6H,1H3;3H2,1-2H3;3H,1-2H3. The van der Waals surface area contributed by atoms with Crippen molar-refractivity contribution < 1.29 is 9.59 Å². The number of amides is 1. The van der Waals surface area contributed by atoms with Crippen LogP contribution in [0.25, 0.3) is 0 Å². The molecule has 0 aliphatic carbocycles. The van der Waals surface area contributed by atoms with Gasteiger partial charge in [-0.2, -0.15) is 0 Å². The average Bonchev–Trinajstić information content (AvgIpc) is 2.31.